The average Bonchev–Trinajstić information content (AvgIpc) is 3.25. The predicted octanol–water partition coefficient (Wildman–Crippen LogP) is 5.05. The summed E-state index contributed by atoms with van der Waals surface area (Å²) < 4.78 is 8.21. The van der Waals surface area contributed by atoms with E-state index in [0.29, 0.717) is 11.1 Å². The zero-order valence-corrected chi connectivity index (χ0v) is 17.7. The quantitative estimate of drug-likeness (QED) is 0.481. The highest BCUT2D eigenvalue weighted by atomic mass is 16.3. The van der Waals surface area contributed by atoms with Gasteiger partial charge in [-0.15, -0.1) is 0 Å². The summed E-state index contributed by atoms with van der Waals surface area (Å²) in [6.07, 6.45) is 4.41. The summed E-state index contributed by atoms with van der Waals surface area (Å²) in [5, 5.41) is 1.04. The van der Waals surface area contributed by atoms with Gasteiger partial charge in [-0.05, 0) is 44.9 Å². The molecule has 0 fully saturated rings. The molecule has 1 aliphatic rings. The highest BCUT2D eigenvalue weighted by molar-refractivity contribution is 6.04. The molecule has 1 aromatic carbocycles. The van der Waals surface area contributed by atoms with Gasteiger partial charge in [-0.2, -0.15) is 0 Å². The lowest BCUT2D eigenvalue weighted by Crippen LogP contribution is -2.29. The molecule has 1 atom stereocenters. The molecule has 0 aliphatic carbocycles. The van der Waals surface area contributed by atoms with Crippen molar-refractivity contribution >= 4 is 28.0 Å². The van der Waals surface area contributed by atoms with Gasteiger partial charge in [0, 0.05) is 31.1 Å². The molecule has 30 heavy (non-hydrogen) atoms. The number of fused-ring (bicyclic) bond motifs is 4. The van der Waals surface area contributed by atoms with Crippen molar-refractivity contribution in [3.05, 3.63) is 59.2 Å². The second-order valence-electron chi connectivity index (χ2n) is 8.25. The smallest absolute Gasteiger partial charge is 0.256 e. The van der Waals surface area contributed by atoms with Crippen molar-refractivity contribution in [3.63, 3.8) is 0 Å². The number of furan rings is 1. The van der Waals surface area contributed by atoms with Crippen LogP contribution in [0.4, 0.5) is 0 Å². The first-order valence-corrected chi connectivity index (χ1v) is 10.7. The lowest BCUT2D eigenvalue weighted by Gasteiger charge is -2.23. The highest BCUT2D eigenvalue weighted by Gasteiger charge is 2.26. The molecular formula is C24H26N4O2. The maximum Gasteiger partial charge on any atom is 0.256 e. The van der Waals surface area contributed by atoms with Crippen molar-refractivity contribution in [1.29, 1.82) is 0 Å². The van der Waals surface area contributed by atoms with E-state index in [2.05, 4.69) is 4.57 Å². The van der Waals surface area contributed by atoms with Gasteiger partial charge in [0.15, 0.2) is 5.65 Å². The third-order valence-electron chi connectivity index (χ3n) is 6.18. The SMILES string of the molecule is Cc1cc(C(=O)N(C)C(C)c2cc3ccccc3o2)c2nc3n(c2n1)CCCCC3. The van der Waals surface area contributed by atoms with Crippen LogP contribution in [0.2, 0.25) is 0 Å². The van der Waals surface area contributed by atoms with E-state index in [4.69, 9.17) is 14.4 Å². The van der Waals surface area contributed by atoms with Gasteiger partial charge in [0.2, 0.25) is 0 Å². The number of pyridine rings is 1. The molecule has 0 radical (unpaired) electrons. The van der Waals surface area contributed by atoms with Crippen LogP contribution in [0.3, 0.4) is 0 Å². The normalized spacial score (nSPS) is 15.2. The van der Waals surface area contributed by atoms with Crippen LogP contribution in [0.5, 0.6) is 0 Å². The van der Waals surface area contributed by atoms with Crippen LogP contribution in [0.25, 0.3) is 22.1 Å². The van der Waals surface area contributed by atoms with Gasteiger partial charge in [0.05, 0.1) is 11.6 Å². The molecule has 0 N–H and O–H groups in total. The largest absolute Gasteiger partial charge is 0.459 e. The number of carbonyl (C=O) groups is 1. The van der Waals surface area contributed by atoms with E-state index in [0.717, 1.165) is 59.7 Å². The lowest BCUT2D eigenvalue weighted by molar-refractivity contribution is 0.0729. The van der Waals surface area contributed by atoms with Crippen LogP contribution in [0.1, 0.15) is 59.9 Å². The molecule has 6 nitrogen and oxygen atoms in total. The Hall–Kier alpha value is -3.15. The summed E-state index contributed by atoms with van der Waals surface area (Å²) in [5.74, 6) is 1.75. The lowest BCUT2D eigenvalue weighted by atomic mass is 10.1. The number of imidazole rings is 1. The second-order valence-corrected chi connectivity index (χ2v) is 8.25. The minimum atomic E-state index is -0.200. The molecular weight excluding hydrogens is 376 g/mol. The number of aryl methyl sites for hydroxylation is 3. The second kappa shape index (κ2) is 7.27. The standard InChI is InChI=1S/C24H26N4O2/c1-15-13-18(22-23(25-15)28-12-8-4-5-11-21(28)26-22)24(29)27(3)16(2)20-14-17-9-6-7-10-19(17)30-20/h6-7,9-10,13-14,16H,4-5,8,11-12H2,1-3H3. The topological polar surface area (TPSA) is 64.2 Å². The molecule has 4 heterocycles. The molecule has 0 saturated carbocycles. The Labute approximate surface area is 175 Å². The Bertz CT molecular complexity index is 1220. The van der Waals surface area contributed by atoms with Gasteiger partial charge in [-0.25, -0.2) is 9.97 Å². The Morgan fingerprint density at radius 2 is 2.00 bits per heavy atom. The first-order chi connectivity index (χ1) is 14.5. The van der Waals surface area contributed by atoms with Gasteiger partial charge in [0.1, 0.15) is 22.7 Å². The van der Waals surface area contributed by atoms with Crippen molar-refractivity contribution in [1.82, 2.24) is 19.4 Å². The van der Waals surface area contributed by atoms with Gasteiger partial charge >= 0.3 is 0 Å². The van der Waals surface area contributed by atoms with Crippen LogP contribution >= 0.6 is 0 Å². The summed E-state index contributed by atoms with van der Waals surface area (Å²) in [4.78, 5) is 24.9. The highest BCUT2D eigenvalue weighted by Crippen LogP contribution is 2.29. The average molecular weight is 402 g/mol. The third-order valence-corrected chi connectivity index (χ3v) is 6.18. The Morgan fingerprint density at radius 3 is 2.83 bits per heavy atom. The third kappa shape index (κ3) is 3.07. The number of benzene rings is 1. The zero-order valence-electron chi connectivity index (χ0n) is 17.7. The van der Waals surface area contributed by atoms with Crippen molar-refractivity contribution in [2.45, 2.75) is 52.1 Å². The molecule has 0 bridgehead atoms. The predicted molar refractivity (Wildman–Crippen MR) is 117 cm³/mol. The van der Waals surface area contributed by atoms with Crippen LogP contribution in [0.15, 0.2) is 40.8 Å². The molecule has 0 spiro atoms. The van der Waals surface area contributed by atoms with Crippen molar-refractivity contribution < 1.29 is 9.21 Å². The number of para-hydroxylation sites is 1. The molecule has 1 aliphatic heterocycles. The van der Waals surface area contributed by atoms with Gasteiger partial charge < -0.3 is 13.9 Å². The summed E-state index contributed by atoms with van der Waals surface area (Å²) in [7, 11) is 1.82. The molecule has 3 aromatic heterocycles. The fourth-order valence-corrected chi connectivity index (χ4v) is 4.34. The van der Waals surface area contributed by atoms with Gasteiger partial charge in [-0.3, -0.25) is 4.79 Å². The van der Waals surface area contributed by atoms with Crippen molar-refractivity contribution in [3.8, 4) is 0 Å². The summed E-state index contributed by atoms with van der Waals surface area (Å²) in [6.45, 7) is 4.85. The number of aromatic nitrogens is 3. The maximum atomic E-state index is 13.5. The van der Waals surface area contributed by atoms with Crippen LogP contribution in [-0.4, -0.2) is 32.4 Å². The van der Waals surface area contributed by atoms with E-state index in [1.807, 2.05) is 57.3 Å². The fraction of sp³-hybridized carbons (Fsp3) is 0.375. The van der Waals surface area contributed by atoms with E-state index in [-0.39, 0.29) is 11.9 Å². The Balaban J connectivity index is 1.53. The minimum absolute atomic E-state index is 0.0632. The molecule has 154 valence electrons. The maximum absolute atomic E-state index is 13.5. The molecule has 0 saturated heterocycles. The fourth-order valence-electron chi connectivity index (χ4n) is 4.34. The van der Waals surface area contributed by atoms with Crippen LogP contribution in [-0.2, 0) is 13.0 Å². The molecule has 5 rings (SSSR count). The molecule has 1 unspecified atom stereocenters. The first kappa shape index (κ1) is 18.9. The van der Waals surface area contributed by atoms with E-state index < -0.39 is 0 Å². The minimum Gasteiger partial charge on any atom is -0.459 e. The van der Waals surface area contributed by atoms with Crippen LogP contribution < -0.4 is 0 Å². The monoisotopic (exact) mass is 402 g/mol. The van der Waals surface area contributed by atoms with E-state index >= 15 is 0 Å². The summed E-state index contributed by atoms with van der Waals surface area (Å²) in [6, 6.07) is 11.6. The number of hydrogen-bond acceptors (Lipinski definition) is 4. The number of amides is 1. The number of carbonyl (C=O) groups excluding carboxylic acids is 1. The van der Waals surface area contributed by atoms with E-state index in [1.165, 1.54) is 6.42 Å². The number of nitrogens with zero attached hydrogens (tertiary/aromatic N) is 4. The molecule has 6 heteroatoms. The van der Waals surface area contributed by atoms with Crippen LogP contribution in [0, 0.1) is 6.92 Å². The van der Waals surface area contributed by atoms with Gasteiger partial charge in [-0.1, -0.05) is 24.6 Å². The Morgan fingerprint density at radius 1 is 1.17 bits per heavy atom. The van der Waals surface area contributed by atoms with Crippen molar-refractivity contribution in [2.75, 3.05) is 7.05 Å². The van der Waals surface area contributed by atoms with Crippen molar-refractivity contribution in [2.24, 2.45) is 0 Å². The van der Waals surface area contributed by atoms with E-state index in [1.54, 1.807) is 4.90 Å². The molecule has 4 aromatic rings. The number of hydrogen-bond donors (Lipinski definition) is 0. The summed E-state index contributed by atoms with van der Waals surface area (Å²) >= 11 is 0. The zero-order chi connectivity index (χ0) is 20.8. The van der Waals surface area contributed by atoms with Gasteiger partial charge in [0.25, 0.3) is 5.91 Å². The Kier molecular flexibility index (Phi) is 4.57. The van der Waals surface area contributed by atoms with E-state index in [9.17, 15) is 4.79 Å². The molecule has 1 amide bonds. The summed E-state index contributed by atoms with van der Waals surface area (Å²) in [5.41, 5.74) is 3.83. The first-order valence-electron chi connectivity index (χ1n) is 10.7. The number of rotatable bonds is 3.